The molecule has 0 radical (unpaired) electrons. The third kappa shape index (κ3) is 4.82. The molecule has 2 N–H and O–H groups in total. The van der Waals surface area contributed by atoms with Gasteiger partial charge in [-0.05, 0) is 18.6 Å². The molecule has 18 heavy (non-hydrogen) atoms. The second kappa shape index (κ2) is 6.58. The minimum absolute atomic E-state index is 0.0595. The summed E-state index contributed by atoms with van der Waals surface area (Å²) >= 11 is 0. The summed E-state index contributed by atoms with van der Waals surface area (Å²) < 4.78 is 0. The van der Waals surface area contributed by atoms with E-state index in [4.69, 9.17) is 5.11 Å². The van der Waals surface area contributed by atoms with Gasteiger partial charge >= 0.3 is 12.0 Å². The minimum atomic E-state index is -0.919. The third-order valence-electron chi connectivity index (χ3n) is 2.42. The number of nitrogens with zero attached hydrogens (tertiary/aromatic N) is 2. The number of carboxylic acid groups (broad SMARTS) is 1. The number of hydrogen-bond acceptors (Lipinski definition) is 3. The highest BCUT2D eigenvalue weighted by Crippen LogP contribution is 1.99. The van der Waals surface area contributed by atoms with Crippen LogP contribution in [0.25, 0.3) is 0 Å². The highest BCUT2D eigenvalue weighted by atomic mass is 16.4. The number of aliphatic carboxylic acids is 1. The van der Waals surface area contributed by atoms with Gasteiger partial charge in [0.1, 0.15) is 0 Å². The van der Waals surface area contributed by atoms with E-state index in [0.717, 1.165) is 11.3 Å². The molecule has 0 aliphatic carbocycles. The highest BCUT2D eigenvalue weighted by Gasteiger charge is 2.09. The highest BCUT2D eigenvalue weighted by molar-refractivity contribution is 5.74. The molecule has 0 spiro atoms. The van der Waals surface area contributed by atoms with Gasteiger partial charge < -0.3 is 15.3 Å². The molecule has 0 saturated heterocycles. The predicted octanol–water partition coefficient (Wildman–Crippen LogP) is 1.01. The molecule has 0 unspecified atom stereocenters. The summed E-state index contributed by atoms with van der Waals surface area (Å²) in [6, 6.07) is 3.46. The largest absolute Gasteiger partial charge is 0.481 e. The van der Waals surface area contributed by atoms with Crippen molar-refractivity contribution in [2.45, 2.75) is 19.9 Å². The Morgan fingerprint density at radius 2 is 2.17 bits per heavy atom. The SMILES string of the molecule is Cc1ccc(CNC(=O)N(C)CCC(=O)O)cn1. The molecular weight excluding hydrogens is 234 g/mol. The number of carbonyl (C=O) groups is 2. The Hall–Kier alpha value is -2.11. The number of urea groups is 1. The molecule has 2 amide bonds. The van der Waals surface area contributed by atoms with Crippen LogP contribution in [0.1, 0.15) is 17.7 Å². The van der Waals surface area contributed by atoms with E-state index >= 15 is 0 Å². The van der Waals surface area contributed by atoms with E-state index in [-0.39, 0.29) is 19.0 Å². The maximum Gasteiger partial charge on any atom is 0.317 e. The van der Waals surface area contributed by atoms with Crippen molar-refractivity contribution in [2.24, 2.45) is 0 Å². The van der Waals surface area contributed by atoms with Gasteiger partial charge in [-0.1, -0.05) is 6.07 Å². The maximum absolute atomic E-state index is 11.6. The number of rotatable bonds is 5. The number of aryl methyl sites for hydroxylation is 1. The Bertz CT molecular complexity index is 417. The fourth-order valence-corrected chi connectivity index (χ4v) is 1.28. The maximum atomic E-state index is 11.6. The normalized spacial score (nSPS) is 9.89. The molecular formula is C12H17N3O3. The van der Waals surface area contributed by atoms with Gasteiger partial charge in [0.15, 0.2) is 0 Å². The van der Waals surface area contributed by atoms with Crippen LogP contribution in [0, 0.1) is 6.92 Å². The molecule has 6 nitrogen and oxygen atoms in total. The van der Waals surface area contributed by atoms with Crippen LogP contribution in [0.3, 0.4) is 0 Å². The fraction of sp³-hybridized carbons (Fsp3) is 0.417. The molecule has 0 bridgehead atoms. The topological polar surface area (TPSA) is 82.5 Å². The Morgan fingerprint density at radius 3 is 2.72 bits per heavy atom. The number of aromatic nitrogens is 1. The first-order valence-corrected chi connectivity index (χ1v) is 5.61. The molecule has 0 aliphatic heterocycles. The number of carbonyl (C=O) groups excluding carboxylic acids is 1. The van der Waals surface area contributed by atoms with E-state index in [0.29, 0.717) is 6.54 Å². The smallest absolute Gasteiger partial charge is 0.317 e. The molecule has 1 heterocycles. The predicted molar refractivity (Wildman–Crippen MR) is 66.1 cm³/mol. The summed E-state index contributed by atoms with van der Waals surface area (Å²) in [4.78, 5) is 27.4. The molecule has 0 aromatic carbocycles. The number of nitrogens with one attached hydrogen (secondary N) is 1. The number of pyridine rings is 1. The van der Waals surface area contributed by atoms with Crippen LogP contribution in [0.2, 0.25) is 0 Å². The average Bonchev–Trinajstić information content (AvgIpc) is 2.34. The first-order chi connectivity index (χ1) is 8.49. The van der Waals surface area contributed by atoms with Crippen LogP contribution in [-0.4, -0.2) is 40.6 Å². The molecule has 0 fully saturated rings. The van der Waals surface area contributed by atoms with Gasteiger partial charge in [0.25, 0.3) is 0 Å². The fourth-order valence-electron chi connectivity index (χ4n) is 1.28. The summed E-state index contributed by atoms with van der Waals surface area (Å²) in [6.07, 6.45) is 1.64. The Morgan fingerprint density at radius 1 is 1.44 bits per heavy atom. The van der Waals surface area contributed by atoms with E-state index in [9.17, 15) is 9.59 Å². The van der Waals surface area contributed by atoms with Crippen LogP contribution in [-0.2, 0) is 11.3 Å². The molecule has 0 aliphatic rings. The summed E-state index contributed by atoms with van der Waals surface area (Å²) in [5.74, 6) is -0.919. The molecule has 1 rings (SSSR count). The van der Waals surface area contributed by atoms with Crippen molar-refractivity contribution in [3.05, 3.63) is 29.6 Å². The first-order valence-electron chi connectivity index (χ1n) is 5.61. The Kier molecular flexibility index (Phi) is 5.10. The van der Waals surface area contributed by atoms with Crippen molar-refractivity contribution in [3.63, 3.8) is 0 Å². The monoisotopic (exact) mass is 251 g/mol. The zero-order valence-corrected chi connectivity index (χ0v) is 10.5. The van der Waals surface area contributed by atoms with E-state index in [1.807, 2.05) is 19.1 Å². The summed E-state index contributed by atoms with van der Waals surface area (Å²) in [7, 11) is 1.56. The van der Waals surface area contributed by atoms with Gasteiger partial charge in [0, 0.05) is 32.0 Å². The van der Waals surface area contributed by atoms with E-state index in [1.54, 1.807) is 13.2 Å². The molecule has 1 aromatic heterocycles. The lowest BCUT2D eigenvalue weighted by Crippen LogP contribution is -2.38. The molecule has 6 heteroatoms. The summed E-state index contributed by atoms with van der Waals surface area (Å²) in [6.45, 7) is 2.46. The lowest BCUT2D eigenvalue weighted by atomic mass is 10.2. The van der Waals surface area contributed by atoms with E-state index < -0.39 is 5.97 Å². The quantitative estimate of drug-likeness (QED) is 0.818. The zero-order valence-electron chi connectivity index (χ0n) is 10.5. The summed E-state index contributed by atoms with van der Waals surface area (Å²) in [5, 5.41) is 11.2. The molecule has 98 valence electrons. The van der Waals surface area contributed by atoms with Crippen molar-refractivity contribution in [1.82, 2.24) is 15.2 Å². The van der Waals surface area contributed by atoms with Gasteiger partial charge in [-0.2, -0.15) is 0 Å². The lowest BCUT2D eigenvalue weighted by Gasteiger charge is -2.16. The van der Waals surface area contributed by atoms with Crippen molar-refractivity contribution >= 4 is 12.0 Å². The van der Waals surface area contributed by atoms with E-state index in [1.165, 1.54) is 4.90 Å². The van der Waals surface area contributed by atoms with Crippen molar-refractivity contribution in [3.8, 4) is 0 Å². The minimum Gasteiger partial charge on any atom is -0.481 e. The number of carboxylic acids is 1. The van der Waals surface area contributed by atoms with Crippen molar-refractivity contribution in [1.29, 1.82) is 0 Å². The van der Waals surface area contributed by atoms with Crippen molar-refractivity contribution < 1.29 is 14.7 Å². The number of hydrogen-bond donors (Lipinski definition) is 2. The first kappa shape index (κ1) is 14.0. The second-order valence-corrected chi connectivity index (χ2v) is 4.03. The standard InChI is InChI=1S/C12H17N3O3/c1-9-3-4-10(7-13-9)8-14-12(18)15(2)6-5-11(16)17/h3-4,7H,5-6,8H2,1-2H3,(H,14,18)(H,16,17). The van der Waals surface area contributed by atoms with Crippen LogP contribution in [0.4, 0.5) is 4.79 Å². The third-order valence-corrected chi connectivity index (χ3v) is 2.42. The van der Waals surface area contributed by atoms with Crippen LogP contribution in [0.15, 0.2) is 18.3 Å². The molecule has 1 aromatic rings. The Labute approximate surface area is 106 Å². The van der Waals surface area contributed by atoms with E-state index in [2.05, 4.69) is 10.3 Å². The van der Waals surface area contributed by atoms with Gasteiger partial charge in [0.2, 0.25) is 0 Å². The second-order valence-electron chi connectivity index (χ2n) is 4.03. The van der Waals surface area contributed by atoms with Gasteiger partial charge in [-0.3, -0.25) is 9.78 Å². The molecule has 0 saturated carbocycles. The lowest BCUT2D eigenvalue weighted by molar-refractivity contribution is -0.137. The van der Waals surface area contributed by atoms with Crippen molar-refractivity contribution in [2.75, 3.05) is 13.6 Å². The van der Waals surface area contributed by atoms with Crippen LogP contribution >= 0.6 is 0 Å². The molecule has 0 atom stereocenters. The van der Waals surface area contributed by atoms with Gasteiger partial charge in [-0.15, -0.1) is 0 Å². The zero-order chi connectivity index (χ0) is 13.5. The van der Waals surface area contributed by atoms with Crippen LogP contribution in [0.5, 0.6) is 0 Å². The van der Waals surface area contributed by atoms with Crippen LogP contribution < -0.4 is 5.32 Å². The van der Waals surface area contributed by atoms with Gasteiger partial charge in [-0.25, -0.2) is 4.79 Å². The number of amides is 2. The Balaban J connectivity index is 2.36. The summed E-state index contributed by atoms with van der Waals surface area (Å²) in [5.41, 5.74) is 1.82. The average molecular weight is 251 g/mol. The van der Waals surface area contributed by atoms with Gasteiger partial charge in [0.05, 0.1) is 6.42 Å².